The lowest BCUT2D eigenvalue weighted by Crippen LogP contribution is -2.54. The number of carbonyl (C=O) groups excluding carboxylic acids is 3. The fourth-order valence-corrected chi connectivity index (χ4v) is 8.27. The summed E-state index contributed by atoms with van der Waals surface area (Å²) in [5.41, 5.74) is 0.155. The number of nitrogens with one attached hydrogen (secondary N) is 1. The molecule has 1 aliphatic carbocycles. The number of fused-ring (bicyclic) bond motifs is 1. The number of aromatic nitrogens is 1. The third-order valence-corrected chi connectivity index (χ3v) is 10.7. The molecule has 2 aromatic rings. The number of nitrogens with zero attached hydrogens (tertiary/aromatic N) is 2. The highest BCUT2D eigenvalue weighted by atomic mass is 35.5. The Balaban J connectivity index is 1.31. The summed E-state index contributed by atoms with van der Waals surface area (Å²) < 4.78 is 6.55. The maximum atomic E-state index is 14.4. The highest BCUT2D eigenvalue weighted by Crippen LogP contribution is 2.56. The van der Waals surface area contributed by atoms with Crippen LogP contribution in [0.4, 0.5) is 5.69 Å². The number of phenolic OH excluding ortho intramolecular Hbond substituents is 1. The fraction of sp³-hybridized carbons (Fsp3) is 0.529. The van der Waals surface area contributed by atoms with Gasteiger partial charge in [0.05, 0.1) is 17.9 Å². The summed E-state index contributed by atoms with van der Waals surface area (Å²) in [4.78, 5) is 48.3. The molecule has 9 heteroatoms. The van der Waals surface area contributed by atoms with E-state index < -0.39 is 35.5 Å². The van der Waals surface area contributed by atoms with E-state index in [0.717, 1.165) is 18.4 Å². The van der Waals surface area contributed by atoms with Gasteiger partial charge in [0.15, 0.2) is 0 Å². The van der Waals surface area contributed by atoms with Crippen molar-refractivity contribution in [1.29, 1.82) is 0 Å². The number of halogens is 1. The van der Waals surface area contributed by atoms with Gasteiger partial charge in [-0.05, 0) is 73.8 Å². The summed E-state index contributed by atoms with van der Waals surface area (Å²) in [7, 11) is 0. The first-order valence-corrected chi connectivity index (χ1v) is 15.9. The number of pyridine rings is 1. The summed E-state index contributed by atoms with van der Waals surface area (Å²) in [6.45, 7) is 6.44. The number of hydrogen-bond donors (Lipinski definition) is 2. The lowest BCUT2D eigenvalue weighted by molar-refractivity contribution is -0.142. The molecular formula is C34H40ClN3O5. The topological polar surface area (TPSA) is 109 Å². The van der Waals surface area contributed by atoms with Gasteiger partial charge < -0.3 is 20.1 Å². The Kier molecular flexibility index (Phi) is 8.11. The highest BCUT2D eigenvalue weighted by molar-refractivity contribution is 6.31. The van der Waals surface area contributed by atoms with E-state index in [1.165, 1.54) is 18.6 Å². The van der Waals surface area contributed by atoms with Crippen LogP contribution in [0.3, 0.4) is 0 Å². The zero-order chi connectivity index (χ0) is 30.5. The fourth-order valence-electron chi connectivity index (χ4n) is 8.05. The second-order valence-corrected chi connectivity index (χ2v) is 13.5. The molecule has 9 atom stereocenters. The first kappa shape index (κ1) is 29.8. The summed E-state index contributed by atoms with van der Waals surface area (Å²) in [5, 5.41) is 13.2. The van der Waals surface area contributed by atoms with Gasteiger partial charge in [0.1, 0.15) is 23.2 Å². The van der Waals surface area contributed by atoms with Crippen LogP contribution in [0.5, 0.6) is 5.75 Å². The molecule has 9 unspecified atom stereocenters. The van der Waals surface area contributed by atoms with Crippen LogP contribution in [0, 0.1) is 29.6 Å². The molecule has 2 saturated heterocycles. The Labute approximate surface area is 257 Å². The summed E-state index contributed by atoms with van der Waals surface area (Å²) in [6.07, 6.45) is 11.7. The van der Waals surface area contributed by atoms with Gasteiger partial charge in [-0.15, -0.1) is 0 Å². The Morgan fingerprint density at radius 3 is 2.72 bits per heavy atom. The van der Waals surface area contributed by atoms with Gasteiger partial charge in [0.25, 0.3) is 5.91 Å². The molecule has 2 amide bonds. The van der Waals surface area contributed by atoms with Crippen LogP contribution in [0.15, 0.2) is 54.9 Å². The van der Waals surface area contributed by atoms with Gasteiger partial charge in [-0.2, -0.15) is 0 Å². The number of Topliss-reactive ketones (excluding diaryl/α,β-unsaturated/α-hetero) is 1. The number of ketones is 1. The predicted octanol–water partition coefficient (Wildman–Crippen LogP) is 5.58. The largest absolute Gasteiger partial charge is 0.508 e. The van der Waals surface area contributed by atoms with E-state index in [1.54, 1.807) is 23.4 Å². The number of likely N-dealkylation sites (tertiary alicyclic amines) is 1. The van der Waals surface area contributed by atoms with Crippen LogP contribution in [-0.2, 0) is 25.5 Å². The summed E-state index contributed by atoms with van der Waals surface area (Å²) >= 11 is 6.14. The van der Waals surface area contributed by atoms with Crippen molar-refractivity contribution in [2.45, 2.75) is 83.1 Å². The predicted molar refractivity (Wildman–Crippen MR) is 163 cm³/mol. The summed E-state index contributed by atoms with van der Waals surface area (Å²) in [6, 6.07) is 6.92. The van der Waals surface area contributed by atoms with E-state index in [2.05, 4.69) is 24.1 Å². The van der Waals surface area contributed by atoms with Crippen molar-refractivity contribution < 1.29 is 24.2 Å². The quantitative estimate of drug-likeness (QED) is 0.361. The Morgan fingerprint density at radius 2 is 1.98 bits per heavy atom. The minimum absolute atomic E-state index is 0.0609. The minimum atomic E-state index is -1.25. The molecule has 6 rings (SSSR count). The zero-order valence-corrected chi connectivity index (χ0v) is 25.7. The smallest absolute Gasteiger partial charge is 0.250 e. The number of anilines is 1. The molecule has 228 valence electrons. The van der Waals surface area contributed by atoms with Crippen molar-refractivity contribution in [2.75, 3.05) is 5.32 Å². The first-order chi connectivity index (χ1) is 20.6. The number of rotatable bonds is 9. The minimum Gasteiger partial charge on any atom is -0.508 e. The molecule has 2 N–H and O–H groups in total. The van der Waals surface area contributed by atoms with Crippen molar-refractivity contribution in [2.24, 2.45) is 29.6 Å². The van der Waals surface area contributed by atoms with E-state index in [9.17, 15) is 19.5 Å². The van der Waals surface area contributed by atoms with E-state index in [1.807, 2.05) is 31.2 Å². The Morgan fingerprint density at radius 1 is 1.21 bits per heavy atom. The normalized spacial score (nSPS) is 33.4. The summed E-state index contributed by atoms with van der Waals surface area (Å²) in [5.74, 6) is -0.770. The second-order valence-electron chi connectivity index (χ2n) is 13.1. The standard InChI is InChI=1S/C34H40ClN3O5/c1-19-5-4-6-23(21(19)3)15-27(40)29-28-9-12-34(43-28)30(29)33(42)38(20(2)7-8-22-10-13-36-14-11-22)31(34)32(41)37-25-16-24(35)17-26(39)18-25/h9-14,16-21,23,28-31,39H,4-8,15H2,1-3H3,(H,37,41). The molecular weight excluding hydrogens is 566 g/mol. The van der Waals surface area contributed by atoms with Crippen LogP contribution in [-0.4, -0.2) is 56.4 Å². The monoisotopic (exact) mass is 605 g/mol. The van der Waals surface area contributed by atoms with Gasteiger partial charge in [-0.3, -0.25) is 19.4 Å². The molecule has 4 aliphatic rings. The zero-order valence-electron chi connectivity index (χ0n) is 24.9. The molecule has 1 aromatic heterocycles. The molecule has 8 nitrogen and oxygen atoms in total. The molecule has 2 bridgehead atoms. The number of benzene rings is 1. The van der Waals surface area contributed by atoms with Crippen LogP contribution in [0.25, 0.3) is 0 Å². The Bertz CT molecular complexity index is 1410. The average molecular weight is 606 g/mol. The van der Waals surface area contributed by atoms with E-state index in [0.29, 0.717) is 36.8 Å². The van der Waals surface area contributed by atoms with Crippen molar-refractivity contribution >= 4 is 34.9 Å². The molecule has 1 saturated carbocycles. The van der Waals surface area contributed by atoms with Crippen molar-refractivity contribution in [3.05, 3.63) is 65.5 Å². The van der Waals surface area contributed by atoms with Crippen LogP contribution >= 0.6 is 11.6 Å². The van der Waals surface area contributed by atoms with Crippen molar-refractivity contribution in [3.63, 3.8) is 0 Å². The molecule has 43 heavy (non-hydrogen) atoms. The third kappa shape index (κ3) is 5.37. The lowest BCUT2D eigenvalue weighted by Gasteiger charge is -2.35. The first-order valence-electron chi connectivity index (χ1n) is 15.5. The average Bonchev–Trinajstić information content (AvgIpc) is 3.61. The van der Waals surface area contributed by atoms with Crippen LogP contribution in [0.1, 0.15) is 58.4 Å². The lowest BCUT2D eigenvalue weighted by atomic mass is 9.68. The molecule has 1 aromatic carbocycles. The third-order valence-electron chi connectivity index (χ3n) is 10.5. The van der Waals surface area contributed by atoms with Crippen molar-refractivity contribution in [3.8, 4) is 5.75 Å². The van der Waals surface area contributed by atoms with Crippen molar-refractivity contribution in [1.82, 2.24) is 9.88 Å². The molecule has 3 aliphatic heterocycles. The number of aromatic hydroxyl groups is 1. The number of aryl methyl sites for hydroxylation is 1. The second kappa shape index (κ2) is 11.7. The van der Waals surface area contributed by atoms with E-state index >= 15 is 0 Å². The van der Waals surface area contributed by atoms with Gasteiger partial charge >= 0.3 is 0 Å². The van der Waals surface area contributed by atoms with Gasteiger partial charge in [-0.1, -0.05) is 50.4 Å². The molecule has 0 radical (unpaired) electrons. The molecule has 4 heterocycles. The van der Waals surface area contributed by atoms with Gasteiger partial charge in [0, 0.05) is 41.6 Å². The Hall–Kier alpha value is -3.23. The molecule has 1 spiro atoms. The maximum absolute atomic E-state index is 14.4. The number of phenols is 1. The number of ether oxygens (including phenoxy) is 1. The van der Waals surface area contributed by atoms with E-state index in [-0.39, 0.29) is 34.4 Å². The highest BCUT2D eigenvalue weighted by Gasteiger charge is 2.73. The van der Waals surface area contributed by atoms with Gasteiger partial charge in [-0.25, -0.2) is 0 Å². The van der Waals surface area contributed by atoms with Crippen LogP contribution < -0.4 is 5.32 Å². The number of hydrogen-bond acceptors (Lipinski definition) is 6. The number of carbonyl (C=O) groups is 3. The molecule has 3 fully saturated rings. The van der Waals surface area contributed by atoms with Gasteiger partial charge in [0.2, 0.25) is 5.91 Å². The SMILES string of the molecule is CC1CCCC(CC(=O)C2C3C=CC4(O3)C2C(=O)N(C(C)CCc2ccncc2)C4C(=O)Nc2cc(O)cc(Cl)c2)C1C. The van der Waals surface area contributed by atoms with Crippen LogP contribution in [0.2, 0.25) is 5.02 Å². The number of amides is 2. The maximum Gasteiger partial charge on any atom is 0.250 e. The van der Waals surface area contributed by atoms with E-state index in [4.69, 9.17) is 16.3 Å².